The van der Waals surface area contributed by atoms with Gasteiger partial charge in [0.25, 0.3) is 0 Å². The van der Waals surface area contributed by atoms with Gasteiger partial charge in [-0.3, -0.25) is 0 Å². The maximum atomic E-state index is 12.0. The summed E-state index contributed by atoms with van der Waals surface area (Å²) in [6.45, 7) is 2.19. The summed E-state index contributed by atoms with van der Waals surface area (Å²) in [4.78, 5) is 0. The van der Waals surface area contributed by atoms with Crippen LogP contribution in [0.15, 0.2) is 0 Å². The average molecular weight is 268 g/mol. The monoisotopic (exact) mass is 268 g/mol. The molecule has 1 nitrogen and oxygen atoms in total. The van der Waals surface area contributed by atoms with Gasteiger partial charge in [-0.15, -0.1) is 0 Å². The Morgan fingerprint density at radius 2 is 1.17 bits per heavy atom. The van der Waals surface area contributed by atoms with Crippen molar-refractivity contribution in [2.75, 3.05) is 0 Å². The highest BCUT2D eigenvalue weighted by Gasteiger charge is 2.37. The van der Waals surface area contributed by atoms with E-state index in [1.54, 1.807) is 0 Å². The van der Waals surface area contributed by atoms with Crippen LogP contribution in [0.1, 0.15) is 77.6 Å². The smallest absolute Gasteiger partial charge is 0.384 e. The average Bonchev–Trinajstić information content (AvgIpc) is 2.30. The molecule has 0 aromatic heterocycles. The molecule has 0 rings (SSSR count). The van der Waals surface area contributed by atoms with Gasteiger partial charge in [0.2, 0.25) is 0 Å². The third-order valence-electron chi connectivity index (χ3n) is 3.21. The van der Waals surface area contributed by atoms with Crippen molar-refractivity contribution < 1.29 is 18.3 Å². The first-order chi connectivity index (χ1) is 8.48. The third-order valence-corrected chi connectivity index (χ3v) is 3.21. The number of unbranched alkanes of at least 4 members (excludes halogenated alkanes) is 9. The van der Waals surface area contributed by atoms with Gasteiger partial charge in [0.15, 0.2) is 0 Å². The summed E-state index contributed by atoms with van der Waals surface area (Å²) < 4.78 is 35.9. The minimum atomic E-state index is -4.45. The molecule has 0 aliphatic heterocycles. The molecule has 0 bridgehead atoms. The molecule has 1 atom stereocenters. The molecule has 0 spiro atoms. The van der Waals surface area contributed by atoms with Crippen LogP contribution in [0.4, 0.5) is 13.2 Å². The van der Waals surface area contributed by atoms with Gasteiger partial charge in [-0.25, -0.2) is 0 Å². The molecule has 0 saturated carbocycles. The van der Waals surface area contributed by atoms with Crippen molar-refractivity contribution in [3.63, 3.8) is 0 Å². The number of hydrogen-bond donors (Lipinski definition) is 1. The van der Waals surface area contributed by atoms with Crippen LogP contribution < -0.4 is 0 Å². The Bertz CT molecular complexity index is 180. The maximum Gasteiger partial charge on any atom is 0.414 e. The Kier molecular flexibility index (Phi) is 10.5. The second-order valence-corrected chi connectivity index (χ2v) is 5.03. The Morgan fingerprint density at radius 1 is 0.778 bits per heavy atom. The number of halogens is 3. The van der Waals surface area contributed by atoms with E-state index in [4.69, 9.17) is 5.11 Å². The Morgan fingerprint density at radius 3 is 1.56 bits per heavy atom. The van der Waals surface area contributed by atoms with Crippen LogP contribution in [0.2, 0.25) is 0 Å². The SMILES string of the molecule is CCCCCCCCCCCC[C@@H](O)C(F)(F)F. The van der Waals surface area contributed by atoms with Gasteiger partial charge in [-0.2, -0.15) is 13.2 Å². The van der Waals surface area contributed by atoms with Gasteiger partial charge in [-0.1, -0.05) is 71.1 Å². The van der Waals surface area contributed by atoms with E-state index in [0.717, 1.165) is 19.3 Å². The van der Waals surface area contributed by atoms with Crippen molar-refractivity contribution in [2.24, 2.45) is 0 Å². The van der Waals surface area contributed by atoms with Crippen LogP contribution >= 0.6 is 0 Å². The van der Waals surface area contributed by atoms with Gasteiger partial charge in [0, 0.05) is 0 Å². The summed E-state index contributed by atoms with van der Waals surface area (Å²) in [7, 11) is 0. The second kappa shape index (κ2) is 10.7. The summed E-state index contributed by atoms with van der Waals surface area (Å²) in [6, 6.07) is 0. The normalized spacial score (nSPS) is 13.8. The lowest BCUT2D eigenvalue weighted by molar-refractivity contribution is -0.205. The van der Waals surface area contributed by atoms with Gasteiger partial charge in [0.05, 0.1) is 0 Å². The molecule has 0 unspecified atom stereocenters. The highest BCUT2D eigenvalue weighted by molar-refractivity contribution is 4.64. The fraction of sp³-hybridized carbons (Fsp3) is 1.00. The fourth-order valence-corrected chi connectivity index (χ4v) is 1.99. The predicted octanol–water partition coefficient (Wildman–Crippen LogP) is 5.22. The Hall–Kier alpha value is -0.250. The molecule has 0 fully saturated rings. The van der Waals surface area contributed by atoms with Crippen molar-refractivity contribution in [3.8, 4) is 0 Å². The topological polar surface area (TPSA) is 20.2 Å². The van der Waals surface area contributed by atoms with E-state index in [9.17, 15) is 13.2 Å². The first-order valence-electron chi connectivity index (χ1n) is 7.23. The van der Waals surface area contributed by atoms with Crippen LogP contribution in [0.5, 0.6) is 0 Å². The quantitative estimate of drug-likeness (QED) is 0.509. The lowest BCUT2D eigenvalue weighted by atomic mass is 10.0. The first kappa shape index (κ1) is 17.8. The molecule has 0 amide bonds. The zero-order valence-corrected chi connectivity index (χ0v) is 11.4. The molecule has 0 radical (unpaired) electrons. The molecule has 4 heteroatoms. The summed E-state index contributed by atoms with van der Waals surface area (Å²) in [5.74, 6) is 0. The largest absolute Gasteiger partial charge is 0.414 e. The van der Waals surface area contributed by atoms with Gasteiger partial charge < -0.3 is 5.11 Å². The summed E-state index contributed by atoms with van der Waals surface area (Å²) in [6.07, 6.45) is 4.18. The summed E-state index contributed by atoms with van der Waals surface area (Å²) >= 11 is 0. The number of aliphatic hydroxyl groups excluding tert-OH is 1. The molecule has 0 saturated heterocycles. The van der Waals surface area contributed by atoms with Gasteiger partial charge >= 0.3 is 6.18 Å². The number of rotatable bonds is 11. The molecule has 18 heavy (non-hydrogen) atoms. The van der Waals surface area contributed by atoms with E-state index in [-0.39, 0.29) is 6.42 Å². The molecule has 0 heterocycles. The van der Waals surface area contributed by atoms with Crippen LogP contribution in [0.25, 0.3) is 0 Å². The van der Waals surface area contributed by atoms with E-state index in [1.807, 2.05) is 0 Å². The van der Waals surface area contributed by atoms with E-state index in [2.05, 4.69) is 6.92 Å². The Labute approximate surface area is 109 Å². The standard InChI is InChI=1S/C14H27F3O/c1-2-3-4-5-6-7-8-9-10-11-12-13(18)14(15,16)17/h13,18H,2-12H2,1H3/t13-/m1/s1. The minimum absolute atomic E-state index is 0.153. The summed E-state index contributed by atoms with van der Waals surface area (Å²) in [5.41, 5.74) is 0. The number of alkyl halides is 3. The molecule has 0 aromatic rings. The minimum Gasteiger partial charge on any atom is -0.384 e. The van der Waals surface area contributed by atoms with Crippen LogP contribution in [0, 0.1) is 0 Å². The van der Waals surface area contributed by atoms with Crippen LogP contribution in [-0.4, -0.2) is 17.4 Å². The van der Waals surface area contributed by atoms with Crippen molar-refractivity contribution in [2.45, 2.75) is 89.8 Å². The van der Waals surface area contributed by atoms with E-state index < -0.39 is 12.3 Å². The Balaban J connectivity index is 3.17. The van der Waals surface area contributed by atoms with E-state index >= 15 is 0 Å². The zero-order chi connectivity index (χ0) is 13.9. The lowest BCUT2D eigenvalue weighted by Gasteiger charge is -2.13. The maximum absolute atomic E-state index is 12.0. The van der Waals surface area contributed by atoms with Gasteiger partial charge in [-0.05, 0) is 6.42 Å². The second-order valence-electron chi connectivity index (χ2n) is 5.03. The predicted molar refractivity (Wildman–Crippen MR) is 68.5 cm³/mol. The molecule has 0 aliphatic carbocycles. The van der Waals surface area contributed by atoms with Crippen LogP contribution in [-0.2, 0) is 0 Å². The molecular weight excluding hydrogens is 241 g/mol. The van der Waals surface area contributed by atoms with Crippen molar-refractivity contribution in [1.29, 1.82) is 0 Å². The molecular formula is C14H27F3O. The molecule has 0 aromatic carbocycles. The molecule has 1 N–H and O–H groups in total. The van der Waals surface area contributed by atoms with E-state index in [0.29, 0.717) is 6.42 Å². The lowest BCUT2D eigenvalue weighted by Crippen LogP contribution is -2.28. The highest BCUT2D eigenvalue weighted by Crippen LogP contribution is 2.24. The molecule has 110 valence electrons. The fourth-order valence-electron chi connectivity index (χ4n) is 1.99. The van der Waals surface area contributed by atoms with Crippen molar-refractivity contribution in [3.05, 3.63) is 0 Å². The first-order valence-corrected chi connectivity index (χ1v) is 7.23. The highest BCUT2D eigenvalue weighted by atomic mass is 19.4. The van der Waals surface area contributed by atoms with Crippen molar-refractivity contribution in [1.82, 2.24) is 0 Å². The van der Waals surface area contributed by atoms with E-state index in [1.165, 1.54) is 38.5 Å². The van der Waals surface area contributed by atoms with Crippen LogP contribution in [0.3, 0.4) is 0 Å². The number of aliphatic hydroxyl groups is 1. The number of hydrogen-bond acceptors (Lipinski definition) is 1. The molecule has 0 aliphatic rings. The van der Waals surface area contributed by atoms with Crippen molar-refractivity contribution >= 4 is 0 Å². The third kappa shape index (κ3) is 10.9. The summed E-state index contributed by atoms with van der Waals surface area (Å²) in [5, 5.41) is 8.78. The zero-order valence-electron chi connectivity index (χ0n) is 11.4. The van der Waals surface area contributed by atoms with Gasteiger partial charge in [0.1, 0.15) is 6.10 Å².